The average molecular weight is 234 g/mol. The highest BCUT2D eigenvalue weighted by molar-refractivity contribution is 8.00. The Labute approximate surface area is 104 Å². The second kappa shape index (κ2) is 5.27. The topological polar surface area (TPSA) is 0 Å². The van der Waals surface area contributed by atoms with Gasteiger partial charge < -0.3 is 0 Å². The van der Waals surface area contributed by atoms with Gasteiger partial charge in [0, 0.05) is 10.1 Å². The molecule has 0 spiro atoms. The van der Waals surface area contributed by atoms with E-state index < -0.39 is 0 Å². The summed E-state index contributed by atoms with van der Waals surface area (Å²) in [6.07, 6.45) is 2.80. The van der Waals surface area contributed by atoms with Crippen LogP contribution in [-0.2, 0) is 0 Å². The fourth-order valence-electron chi connectivity index (χ4n) is 3.08. The molecule has 0 heterocycles. The molecule has 0 radical (unpaired) electrons. The van der Waals surface area contributed by atoms with Crippen molar-refractivity contribution in [1.29, 1.82) is 0 Å². The highest BCUT2D eigenvalue weighted by Gasteiger charge is 2.31. The Balaban J connectivity index is 2.03. The molecule has 2 rings (SSSR count). The van der Waals surface area contributed by atoms with E-state index in [9.17, 15) is 0 Å². The molecule has 0 amide bonds. The van der Waals surface area contributed by atoms with Crippen LogP contribution < -0.4 is 0 Å². The van der Waals surface area contributed by atoms with Gasteiger partial charge in [-0.05, 0) is 42.7 Å². The van der Waals surface area contributed by atoms with Gasteiger partial charge in [-0.2, -0.15) is 0 Å². The van der Waals surface area contributed by atoms with Crippen LogP contribution >= 0.6 is 11.8 Å². The van der Waals surface area contributed by atoms with Crippen molar-refractivity contribution in [2.24, 2.45) is 17.8 Å². The Morgan fingerprint density at radius 1 is 0.938 bits per heavy atom. The second-order valence-electron chi connectivity index (χ2n) is 5.43. The molecule has 0 aliphatic heterocycles. The summed E-state index contributed by atoms with van der Waals surface area (Å²) in [5.74, 6) is 2.62. The maximum absolute atomic E-state index is 2.42. The summed E-state index contributed by atoms with van der Waals surface area (Å²) >= 11 is 2.08. The average Bonchev–Trinajstić information content (AvgIpc) is 2.25. The molecule has 0 saturated heterocycles. The van der Waals surface area contributed by atoms with E-state index >= 15 is 0 Å². The summed E-state index contributed by atoms with van der Waals surface area (Å²) in [6, 6.07) is 10.9. The van der Waals surface area contributed by atoms with Crippen molar-refractivity contribution in [2.45, 2.75) is 43.8 Å². The van der Waals surface area contributed by atoms with Crippen LogP contribution in [0.2, 0.25) is 0 Å². The normalized spacial score (nSPS) is 34.9. The summed E-state index contributed by atoms with van der Waals surface area (Å²) in [6.45, 7) is 7.25. The zero-order valence-corrected chi connectivity index (χ0v) is 11.3. The second-order valence-corrected chi connectivity index (χ2v) is 6.68. The van der Waals surface area contributed by atoms with Gasteiger partial charge in [-0.1, -0.05) is 39.0 Å². The van der Waals surface area contributed by atoms with Crippen molar-refractivity contribution >= 4 is 11.8 Å². The van der Waals surface area contributed by atoms with Crippen LogP contribution in [0.5, 0.6) is 0 Å². The molecule has 2 atom stereocenters. The highest BCUT2D eigenvalue weighted by Crippen LogP contribution is 2.42. The molecule has 0 bridgehead atoms. The van der Waals surface area contributed by atoms with Gasteiger partial charge in [-0.15, -0.1) is 11.8 Å². The standard InChI is InChI=1S/C15H22S/c1-11-9-12(2)15(13(3)10-11)16-14-7-5-4-6-8-14/h4-8,11-13,15H,9-10H2,1-3H3. The number of rotatable bonds is 2. The Morgan fingerprint density at radius 2 is 1.50 bits per heavy atom. The van der Waals surface area contributed by atoms with Crippen LogP contribution in [0.1, 0.15) is 33.6 Å². The van der Waals surface area contributed by atoms with Gasteiger partial charge in [0.05, 0.1) is 0 Å². The maximum Gasteiger partial charge on any atom is 0.0146 e. The smallest absolute Gasteiger partial charge is 0.0146 e. The predicted molar refractivity (Wildman–Crippen MR) is 72.8 cm³/mol. The lowest BCUT2D eigenvalue weighted by Crippen LogP contribution is -2.31. The monoisotopic (exact) mass is 234 g/mol. The lowest BCUT2D eigenvalue weighted by atomic mass is 9.77. The van der Waals surface area contributed by atoms with E-state index in [4.69, 9.17) is 0 Å². The Hall–Kier alpha value is -0.430. The molecule has 2 unspecified atom stereocenters. The largest absolute Gasteiger partial charge is 0.122 e. The molecule has 0 nitrogen and oxygen atoms in total. The van der Waals surface area contributed by atoms with E-state index in [2.05, 4.69) is 62.9 Å². The van der Waals surface area contributed by atoms with Gasteiger partial charge in [-0.3, -0.25) is 0 Å². The zero-order valence-electron chi connectivity index (χ0n) is 10.5. The zero-order chi connectivity index (χ0) is 11.5. The summed E-state index contributed by atoms with van der Waals surface area (Å²) in [7, 11) is 0. The lowest BCUT2D eigenvalue weighted by Gasteiger charge is -2.37. The molecule has 16 heavy (non-hydrogen) atoms. The summed E-state index contributed by atoms with van der Waals surface area (Å²) in [4.78, 5) is 1.43. The summed E-state index contributed by atoms with van der Waals surface area (Å²) in [5, 5.41) is 0.804. The van der Waals surface area contributed by atoms with Gasteiger partial charge in [0.1, 0.15) is 0 Å². The fourth-order valence-corrected chi connectivity index (χ4v) is 4.40. The van der Waals surface area contributed by atoms with E-state index in [1.54, 1.807) is 0 Å². The number of thioether (sulfide) groups is 1. The van der Waals surface area contributed by atoms with Crippen molar-refractivity contribution in [3.63, 3.8) is 0 Å². The van der Waals surface area contributed by atoms with Gasteiger partial charge in [0.2, 0.25) is 0 Å². The van der Waals surface area contributed by atoms with Crippen molar-refractivity contribution in [3.05, 3.63) is 30.3 Å². The molecule has 1 aliphatic carbocycles. The van der Waals surface area contributed by atoms with E-state index in [1.807, 2.05) is 0 Å². The van der Waals surface area contributed by atoms with Gasteiger partial charge in [-0.25, -0.2) is 0 Å². The predicted octanol–water partition coefficient (Wildman–Crippen LogP) is 4.85. The van der Waals surface area contributed by atoms with E-state index in [1.165, 1.54) is 17.7 Å². The molecule has 1 heteroatoms. The molecule has 88 valence electrons. The molecular formula is C15H22S. The molecule has 1 fully saturated rings. The molecule has 0 N–H and O–H groups in total. The number of hydrogen-bond donors (Lipinski definition) is 0. The van der Waals surface area contributed by atoms with Crippen molar-refractivity contribution in [1.82, 2.24) is 0 Å². The van der Waals surface area contributed by atoms with Crippen LogP contribution in [-0.4, -0.2) is 5.25 Å². The minimum Gasteiger partial charge on any atom is -0.122 e. The summed E-state index contributed by atoms with van der Waals surface area (Å²) < 4.78 is 0. The van der Waals surface area contributed by atoms with Crippen LogP contribution in [0, 0.1) is 17.8 Å². The Bertz CT molecular complexity index is 307. The van der Waals surface area contributed by atoms with Crippen molar-refractivity contribution in [2.75, 3.05) is 0 Å². The molecule has 1 aliphatic rings. The Kier molecular flexibility index (Phi) is 3.96. The first kappa shape index (κ1) is 12.0. The van der Waals surface area contributed by atoms with Crippen LogP contribution in [0.25, 0.3) is 0 Å². The summed E-state index contributed by atoms with van der Waals surface area (Å²) in [5.41, 5.74) is 0. The Morgan fingerprint density at radius 3 is 2.06 bits per heavy atom. The maximum atomic E-state index is 2.42. The lowest BCUT2D eigenvalue weighted by molar-refractivity contribution is 0.243. The first-order valence-corrected chi connectivity index (χ1v) is 7.26. The van der Waals surface area contributed by atoms with Gasteiger partial charge in [0.15, 0.2) is 0 Å². The minimum atomic E-state index is 0.804. The van der Waals surface area contributed by atoms with Crippen LogP contribution in [0.15, 0.2) is 35.2 Å². The van der Waals surface area contributed by atoms with E-state index in [0.717, 1.165) is 23.0 Å². The third-order valence-electron chi connectivity index (χ3n) is 3.69. The molecule has 1 saturated carbocycles. The SMILES string of the molecule is CC1CC(C)C(Sc2ccccc2)C(C)C1. The number of hydrogen-bond acceptors (Lipinski definition) is 1. The molecular weight excluding hydrogens is 212 g/mol. The van der Waals surface area contributed by atoms with Crippen molar-refractivity contribution in [3.8, 4) is 0 Å². The van der Waals surface area contributed by atoms with Crippen LogP contribution in [0.4, 0.5) is 0 Å². The number of benzene rings is 1. The van der Waals surface area contributed by atoms with Crippen molar-refractivity contribution < 1.29 is 0 Å². The van der Waals surface area contributed by atoms with E-state index in [-0.39, 0.29) is 0 Å². The minimum absolute atomic E-state index is 0.804. The first-order chi connectivity index (χ1) is 7.66. The highest BCUT2D eigenvalue weighted by atomic mass is 32.2. The quantitative estimate of drug-likeness (QED) is 0.705. The third-order valence-corrected chi connectivity index (χ3v) is 5.43. The van der Waals surface area contributed by atoms with Crippen LogP contribution in [0.3, 0.4) is 0 Å². The van der Waals surface area contributed by atoms with E-state index in [0.29, 0.717) is 0 Å². The first-order valence-electron chi connectivity index (χ1n) is 6.38. The molecule has 0 aromatic heterocycles. The molecule has 1 aromatic carbocycles. The van der Waals surface area contributed by atoms with Gasteiger partial charge >= 0.3 is 0 Å². The fraction of sp³-hybridized carbons (Fsp3) is 0.600. The third kappa shape index (κ3) is 2.82. The molecule has 1 aromatic rings. The van der Waals surface area contributed by atoms with Gasteiger partial charge in [0.25, 0.3) is 0 Å².